The van der Waals surface area contributed by atoms with Crippen LogP contribution in [-0.2, 0) is 9.53 Å². The highest BCUT2D eigenvalue weighted by molar-refractivity contribution is 6.02. The van der Waals surface area contributed by atoms with Gasteiger partial charge in [-0.15, -0.1) is 0 Å². The van der Waals surface area contributed by atoms with E-state index in [1.807, 2.05) is 42.5 Å². The molecular weight excluding hydrogens is 238 g/mol. The van der Waals surface area contributed by atoms with E-state index in [1.165, 1.54) is 0 Å². The van der Waals surface area contributed by atoms with Crippen molar-refractivity contribution in [2.24, 2.45) is 5.92 Å². The predicted molar refractivity (Wildman–Crippen MR) is 73.8 cm³/mol. The molecule has 1 atom stereocenters. The lowest BCUT2D eigenvalue weighted by Crippen LogP contribution is -2.31. The lowest BCUT2D eigenvalue weighted by molar-refractivity contribution is -0.117. The number of allylic oxidation sites excluding steroid dienone is 4. The lowest BCUT2D eigenvalue weighted by Gasteiger charge is -2.28. The molecule has 1 heterocycles. The van der Waals surface area contributed by atoms with Gasteiger partial charge in [0.2, 0.25) is 0 Å². The molecule has 2 aliphatic rings. The van der Waals surface area contributed by atoms with Gasteiger partial charge in [0.15, 0.2) is 5.78 Å². The summed E-state index contributed by atoms with van der Waals surface area (Å²) >= 11 is 0. The second kappa shape index (κ2) is 4.76. The number of carbonyl (C=O) groups is 1. The summed E-state index contributed by atoms with van der Waals surface area (Å²) in [4.78, 5) is 12.2. The molecule has 3 heteroatoms. The van der Waals surface area contributed by atoms with E-state index in [0.29, 0.717) is 6.42 Å². The van der Waals surface area contributed by atoms with Gasteiger partial charge in [0.1, 0.15) is 5.76 Å². The van der Waals surface area contributed by atoms with E-state index in [4.69, 9.17) is 4.74 Å². The van der Waals surface area contributed by atoms with E-state index in [-0.39, 0.29) is 11.7 Å². The van der Waals surface area contributed by atoms with Crippen LogP contribution in [0.5, 0.6) is 0 Å². The quantitative estimate of drug-likeness (QED) is 0.880. The van der Waals surface area contributed by atoms with Gasteiger partial charge in [-0.3, -0.25) is 4.79 Å². The van der Waals surface area contributed by atoms with E-state index in [0.717, 1.165) is 22.7 Å². The zero-order chi connectivity index (χ0) is 13.2. The van der Waals surface area contributed by atoms with E-state index in [2.05, 4.69) is 5.32 Å². The van der Waals surface area contributed by atoms with Gasteiger partial charge in [0, 0.05) is 17.5 Å². The summed E-state index contributed by atoms with van der Waals surface area (Å²) in [6.45, 7) is 0. The Morgan fingerprint density at radius 3 is 2.74 bits per heavy atom. The molecule has 0 saturated carbocycles. The van der Waals surface area contributed by atoms with E-state index < -0.39 is 0 Å². The maximum absolute atomic E-state index is 12.2. The van der Waals surface area contributed by atoms with Crippen molar-refractivity contribution in [3.8, 4) is 0 Å². The van der Waals surface area contributed by atoms with Crippen LogP contribution in [0.15, 0.2) is 60.0 Å². The van der Waals surface area contributed by atoms with Gasteiger partial charge < -0.3 is 10.1 Å². The van der Waals surface area contributed by atoms with Gasteiger partial charge in [-0.25, -0.2) is 0 Å². The third kappa shape index (κ3) is 2.19. The Bertz CT molecular complexity index is 596. The van der Waals surface area contributed by atoms with Crippen LogP contribution < -0.4 is 5.32 Å². The third-order valence-corrected chi connectivity index (χ3v) is 3.46. The largest absolute Gasteiger partial charge is 0.497 e. The Labute approximate surface area is 112 Å². The van der Waals surface area contributed by atoms with Gasteiger partial charge in [0.25, 0.3) is 0 Å². The Hall–Kier alpha value is -2.29. The minimum atomic E-state index is -0.0913. The number of nitrogens with one attached hydrogen (secondary N) is 1. The summed E-state index contributed by atoms with van der Waals surface area (Å²) in [5.74, 6) is 0.863. The van der Waals surface area contributed by atoms with Crippen molar-refractivity contribution in [2.45, 2.75) is 6.42 Å². The fourth-order valence-electron chi connectivity index (χ4n) is 2.42. The molecule has 1 aromatic rings. The predicted octanol–water partition coefficient (Wildman–Crippen LogP) is 2.63. The van der Waals surface area contributed by atoms with Crippen LogP contribution in [-0.4, -0.2) is 12.9 Å². The van der Waals surface area contributed by atoms with Crippen LogP contribution >= 0.6 is 0 Å². The number of carbonyl (C=O) groups excluding carboxylic acids is 1. The highest BCUT2D eigenvalue weighted by atomic mass is 16.5. The molecule has 3 rings (SSSR count). The first-order chi connectivity index (χ1) is 9.28. The Morgan fingerprint density at radius 1 is 1.21 bits per heavy atom. The van der Waals surface area contributed by atoms with Gasteiger partial charge in [-0.2, -0.15) is 0 Å². The van der Waals surface area contributed by atoms with E-state index in [9.17, 15) is 4.79 Å². The van der Waals surface area contributed by atoms with Crippen LogP contribution in [0.2, 0.25) is 0 Å². The second-order valence-electron chi connectivity index (χ2n) is 4.65. The van der Waals surface area contributed by atoms with Crippen molar-refractivity contribution in [1.29, 1.82) is 0 Å². The van der Waals surface area contributed by atoms with Crippen LogP contribution in [0.25, 0.3) is 5.70 Å². The minimum Gasteiger partial charge on any atom is -0.497 e. The van der Waals surface area contributed by atoms with Gasteiger partial charge >= 0.3 is 0 Å². The van der Waals surface area contributed by atoms with Crippen LogP contribution in [0.3, 0.4) is 0 Å². The van der Waals surface area contributed by atoms with Crippen molar-refractivity contribution >= 4 is 11.5 Å². The fraction of sp³-hybridized carbons (Fsp3) is 0.188. The molecule has 0 bridgehead atoms. The first kappa shape index (κ1) is 11.8. The Kier molecular flexibility index (Phi) is 2.95. The summed E-state index contributed by atoms with van der Waals surface area (Å²) in [5.41, 5.74) is 2.79. The molecule has 1 N–H and O–H groups in total. The average Bonchev–Trinajstić information content (AvgIpc) is 2.47. The standard InChI is InChI=1S/C16H15NO2/c1-19-12-7-8-13-15(9-12)17-14(10-16(13)18)11-5-3-2-4-6-11/h2-7,9-10,13,17H,8H2,1H3. The number of ketones is 1. The molecule has 1 unspecified atom stereocenters. The molecule has 3 nitrogen and oxygen atoms in total. The first-order valence-electron chi connectivity index (χ1n) is 6.31. The van der Waals surface area contributed by atoms with Crippen LogP contribution in [0, 0.1) is 5.92 Å². The van der Waals surface area contributed by atoms with Crippen molar-refractivity contribution in [1.82, 2.24) is 5.32 Å². The van der Waals surface area contributed by atoms with E-state index in [1.54, 1.807) is 13.2 Å². The van der Waals surface area contributed by atoms with Crippen molar-refractivity contribution in [2.75, 3.05) is 7.11 Å². The molecule has 19 heavy (non-hydrogen) atoms. The number of fused-ring (bicyclic) bond motifs is 1. The maximum Gasteiger partial charge on any atom is 0.167 e. The first-order valence-corrected chi connectivity index (χ1v) is 6.31. The summed E-state index contributed by atoms with van der Waals surface area (Å²) in [6.07, 6.45) is 6.25. The monoisotopic (exact) mass is 253 g/mol. The third-order valence-electron chi connectivity index (χ3n) is 3.46. The number of rotatable bonds is 2. The molecule has 1 aliphatic carbocycles. The molecule has 0 amide bonds. The Morgan fingerprint density at radius 2 is 2.00 bits per heavy atom. The smallest absolute Gasteiger partial charge is 0.167 e. The average molecular weight is 253 g/mol. The zero-order valence-corrected chi connectivity index (χ0v) is 10.7. The zero-order valence-electron chi connectivity index (χ0n) is 10.7. The molecule has 0 fully saturated rings. The number of hydrogen-bond donors (Lipinski definition) is 1. The number of methoxy groups -OCH3 is 1. The van der Waals surface area contributed by atoms with Gasteiger partial charge in [0.05, 0.1) is 13.0 Å². The number of benzene rings is 1. The van der Waals surface area contributed by atoms with Crippen molar-refractivity contribution in [3.05, 3.63) is 65.6 Å². The van der Waals surface area contributed by atoms with Crippen LogP contribution in [0.4, 0.5) is 0 Å². The molecule has 0 spiro atoms. The maximum atomic E-state index is 12.2. The summed E-state index contributed by atoms with van der Waals surface area (Å²) in [7, 11) is 1.64. The topological polar surface area (TPSA) is 38.3 Å². The SMILES string of the molecule is COC1=CCC2C(=O)C=C(c3ccccc3)NC2=C1. The molecule has 96 valence electrons. The molecule has 0 saturated heterocycles. The lowest BCUT2D eigenvalue weighted by atomic mass is 9.87. The van der Waals surface area contributed by atoms with E-state index >= 15 is 0 Å². The van der Waals surface area contributed by atoms with Gasteiger partial charge in [-0.1, -0.05) is 30.3 Å². The summed E-state index contributed by atoms with van der Waals surface area (Å²) in [6, 6.07) is 9.86. The molecule has 1 aliphatic heterocycles. The highest BCUT2D eigenvalue weighted by Gasteiger charge is 2.29. The minimum absolute atomic E-state index is 0.0913. The Balaban J connectivity index is 1.95. The normalized spacial score (nSPS) is 21.6. The number of hydrogen-bond acceptors (Lipinski definition) is 3. The van der Waals surface area contributed by atoms with Crippen molar-refractivity contribution in [3.63, 3.8) is 0 Å². The number of ether oxygens (including phenoxy) is 1. The molecule has 0 radical (unpaired) electrons. The molecule has 0 aromatic heterocycles. The fourth-order valence-corrected chi connectivity index (χ4v) is 2.42. The van der Waals surface area contributed by atoms with Crippen molar-refractivity contribution < 1.29 is 9.53 Å². The molecule has 1 aromatic carbocycles. The summed E-state index contributed by atoms with van der Waals surface area (Å²) in [5, 5.41) is 3.35. The summed E-state index contributed by atoms with van der Waals surface area (Å²) < 4.78 is 5.23. The van der Waals surface area contributed by atoms with Gasteiger partial charge in [-0.05, 0) is 24.1 Å². The highest BCUT2D eigenvalue weighted by Crippen LogP contribution is 2.30. The van der Waals surface area contributed by atoms with Crippen LogP contribution in [0.1, 0.15) is 12.0 Å². The second-order valence-corrected chi connectivity index (χ2v) is 4.65. The molecular formula is C16H15NO2.